The lowest BCUT2D eigenvalue weighted by Crippen LogP contribution is -2.05. The molecule has 94 valence electrons. The molecule has 0 aromatic heterocycles. The van der Waals surface area contributed by atoms with Crippen molar-refractivity contribution in [3.8, 4) is 5.75 Å². The number of rotatable bonds is 6. The zero-order valence-electron chi connectivity index (χ0n) is 10.7. The fourth-order valence-corrected chi connectivity index (χ4v) is 1.70. The molecule has 17 heavy (non-hydrogen) atoms. The molecular formula is C14H19FO2. The van der Waals surface area contributed by atoms with Gasteiger partial charge in [-0.15, -0.1) is 0 Å². The monoisotopic (exact) mass is 238 g/mol. The van der Waals surface area contributed by atoms with E-state index in [-0.39, 0.29) is 11.5 Å². The van der Waals surface area contributed by atoms with Crippen LogP contribution in [0.2, 0.25) is 0 Å². The van der Waals surface area contributed by atoms with Crippen molar-refractivity contribution in [2.45, 2.75) is 40.0 Å². The summed E-state index contributed by atoms with van der Waals surface area (Å²) in [5.41, 5.74) is 0.858. The number of ether oxygens (including phenoxy) is 1. The molecule has 0 aliphatic rings. The lowest BCUT2D eigenvalue weighted by atomic mass is 10.00. The smallest absolute Gasteiger partial charge is 0.168 e. The van der Waals surface area contributed by atoms with E-state index in [9.17, 15) is 9.18 Å². The molecule has 0 heterocycles. The molecule has 0 aliphatic carbocycles. The Kier molecular flexibility index (Phi) is 5.13. The molecule has 0 radical (unpaired) electrons. The predicted octanol–water partition coefficient (Wildman–Crippen LogP) is 3.91. The van der Waals surface area contributed by atoms with E-state index >= 15 is 0 Å². The first-order chi connectivity index (χ1) is 8.11. The molecule has 0 N–H and O–H groups in total. The third-order valence-electron chi connectivity index (χ3n) is 2.71. The summed E-state index contributed by atoms with van der Waals surface area (Å²) >= 11 is 0. The largest absolute Gasteiger partial charge is 0.491 e. The minimum atomic E-state index is -0.422. The standard InChI is InChI=1S/C14H19FO2/c1-4-6-7-12(16)11-8-9-13(17-5-2)14(15)10(11)3/h8-9H,4-7H2,1-3H3. The highest BCUT2D eigenvalue weighted by Crippen LogP contribution is 2.24. The molecule has 1 aromatic carbocycles. The van der Waals surface area contributed by atoms with Crippen LogP contribution in [0, 0.1) is 12.7 Å². The van der Waals surface area contributed by atoms with Crippen LogP contribution < -0.4 is 4.74 Å². The maximum absolute atomic E-state index is 13.9. The molecule has 1 rings (SSSR count). The number of hydrogen-bond acceptors (Lipinski definition) is 2. The lowest BCUT2D eigenvalue weighted by molar-refractivity contribution is 0.0978. The molecule has 0 unspecified atom stereocenters. The van der Waals surface area contributed by atoms with Gasteiger partial charge < -0.3 is 4.74 Å². The lowest BCUT2D eigenvalue weighted by Gasteiger charge is -2.10. The number of halogens is 1. The molecule has 0 fully saturated rings. The van der Waals surface area contributed by atoms with Gasteiger partial charge in [0.1, 0.15) is 0 Å². The van der Waals surface area contributed by atoms with Crippen LogP contribution in [0.4, 0.5) is 4.39 Å². The van der Waals surface area contributed by atoms with E-state index in [4.69, 9.17) is 4.74 Å². The van der Waals surface area contributed by atoms with E-state index < -0.39 is 5.82 Å². The van der Waals surface area contributed by atoms with E-state index in [2.05, 4.69) is 0 Å². The van der Waals surface area contributed by atoms with Crippen molar-refractivity contribution in [2.75, 3.05) is 6.61 Å². The maximum Gasteiger partial charge on any atom is 0.168 e. The Labute approximate surface area is 102 Å². The van der Waals surface area contributed by atoms with Crippen molar-refractivity contribution in [3.63, 3.8) is 0 Å². The molecule has 0 spiro atoms. The highest BCUT2D eigenvalue weighted by Gasteiger charge is 2.15. The van der Waals surface area contributed by atoms with Crippen molar-refractivity contribution in [3.05, 3.63) is 29.1 Å². The van der Waals surface area contributed by atoms with Crippen molar-refractivity contribution >= 4 is 5.78 Å². The number of ketones is 1. The summed E-state index contributed by atoms with van der Waals surface area (Å²) in [6, 6.07) is 3.19. The van der Waals surface area contributed by atoms with E-state index in [0.29, 0.717) is 24.2 Å². The van der Waals surface area contributed by atoms with Crippen LogP contribution in [0.25, 0.3) is 0 Å². The van der Waals surface area contributed by atoms with Gasteiger partial charge in [-0.2, -0.15) is 0 Å². The highest BCUT2D eigenvalue weighted by molar-refractivity contribution is 5.97. The van der Waals surface area contributed by atoms with Gasteiger partial charge in [-0.05, 0) is 38.0 Å². The second kappa shape index (κ2) is 6.38. The molecule has 1 aromatic rings. The second-order valence-electron chi connectivity index (χ2n) is 4.01. The molecular weight excluding hydrogens is 219 g/mol. The highest BCUT2D eigenvalue weighted by atomic mass is 19.1. The molecule has 2 nitrogen and oxygen atoms in total. The first kappa shape index (κ1) is 13.7. The fourth-order valence-electron chi connectivity index (χ4n) is 1.70. The van der Waals surface area contributed by atoms with Gasteiger partial charge in [0.15, 0.2) is 17.3 Å². The third-order valence-corrected chi connectivity index (χ3v) is 2.71. The number of carbonyl (C=O) groups is 1. The average molecular weight is 238 g/mol. The Hall–Kier alpha value is -1.38. The summed E-state index contributed by atoms with van der Waals surface area (Å²) in [5, 5.41) is 0. The first-order valence-corrected chi connectivity index (χ1v) is 6.06. The molecule has 0 atom stereocenters. The second-order valence-corrected chi connectivity index (χ2v) is 4.01. The van der Waals surface area contributed by atoms with Crippen molar-refractivity contribution in [2.24, 2.45) is 0 Å². The topological polar surface area (TPSA) is 26.3 Å². The van der Waals surface area contributed by atoms with Crippen LogP contribution in [0.5, 0.6) is 5.75 Å². The van der Waals surface area contributed by atoms with Gasteiger partial charge in [-0.3, -0.25) is 4.79 Å². The number of carbonyl (C=O) groups excluding carboxylic acids is 1. The van der Waals surface area contributed by atoms with Crippen molar-refractivity contribution in [1.29, 1.82) is 0 Å². The summed E-state index contributed by atoms with van der Waals surface area (Å²) in [7, 11) is 0. The van der Waals surface area contributed by atoms with E-state index in [1.54, 1.807) is 19.9 Å². The van der Waals surface area contributed by atoms with Crippen molar-refractivity contribution < 1.29 is 13.9 Å². The normalized spacial score (nSPS) is 10.4. The summed E-state index contributed by atoms with van der Waals surface area (Å²) in [5.74, 6) is -0.197. The summed E-state index contributed by atoms with van der Waals surface area (Å²) < 4.78 is 19.0. The zero-order valence-corrected chi connectivity index (χ0v) is 10.7. The molecule has 3 heteroatoms. The molecule has 0 saturated carbocycles. The predicted molar refractivity (Wildman–Crippen MR) is 66.2 cm³/mol. The van der Waals surface area contributed by atoms with Gasteiger partial charge in [0, 0.05) is 12.0 Å². The number of hydrogen-bond donors (Lipinski definition) is 0. The third kappa shape index (κ3) is 3.29. The van der Waals surface area contributed by atoms with Crippen LogP contribution in [0.1, 0.15) is 49.0 Å². The van der Waals surface area contributed by atoms with E-state index in [1.165, 1.54) is 6.07 Å². The summed E-state index contributed by atoms with van der Waals surface area (Å²) in [6.07, 6.45) is 2.28. The van der Waals surface area contributed by atoms with Gasteiger partial charge in [0.2, 0.25) is 0 Å². The van der Waals surface area contributed by atoms with Gasteiger partial charge in [-0.1, -0.05) is 13.3 Å². The minimum absolute atomic E-state index is 0.00583. The summed E-state index contributed by atoms with van der Waals surface area (Å²) in [6.45, 7) is 5.87. The molecule has 0 aliphatic heterocycles. The van der Waals surface area contributed by atoms with Crippen molar-refractivity contribution in [1.82, 2.24) is 0 Å². The van der Waals surface area contributed by atoms with Crippen LogP contribution in [-0.4, -0.2) is 12.4 Å². The van der Waals surface area contributed by atoms with E-state index in [0.717, 1.165) is 12.8 Å². The first-order valence-electron chi connectivity index (χ1n) is 6.06. The SMILES string of the molecule is CCCCC(=O)c1ccc(OCC)c(F)c1C. The Balaban J connectivity index is 2.95. The Bertz CT molecular complexity index is 399. The number of Topliss-reactive ketones (excluding diaryl/α,β-unsaturated/α-hetero) is 1. The Morgan fingerprint density at radius 1 is 1.35 bits per heavy atom. The quantitative estimate of drug-likeness (QED) is 0.702. The van der Waals surface area contributed by atoms with Crippen LogP contribution in [0.3, 0.4) is 0 Å². The Morgan fingerprint density at radius 2 is 2.06 bits per heavy atom. The van der Waals surface area contributed by atoms with Gasteiger partial charge in [-0.25, -0.2) is 4.39 Å². The Morgan fingerprint density at radius 3 is 2.65 bits per heavy atom. The summed E-state index contributed by atoms with van der Waals surface area (Å²) in [4.78, 5) is 11.8. The number of benzene rings is 1. The van der Waals surface area contributed by atoms with Gasteiger partial charge in [0.25, 0.3) is 0 Å². The van der Waals surface area contributed by atoms with Crippen LogP contribution in [-0.2, 0) is 0 Å². The molecule has 0 amide bonds. The molecule has 0 saturated heterocycles. The maximum atomic E-state index is 13.9. The van der Waals surface area contributed by atoms with Gasteiger partial charge >= 0.3 is 0 Å². The fraction of sp³-hybridized carbons (Fsp3) is 0.500. The number of unbranched alkanes of at least 4 members (excludes halogenated alkanes) is 1. The minimum Gasteiger partial charge on any atom is -0.491 e. The molecule has 0 bridgehead atoms. The van der Waals surface area contributed by atoms with E-state index in [1.807, 2.05) is 6.92 Å². The van der Waals surface area contributed by atoms with Crippen LogP contribution >= 0.6 is 0 Å². The van der Waals surface area contributed by atoms with Crippen LogP contribution in [0.15, 0.2) is 12.1 Å². The van der Waals surface area contributed by atoms with Gasteiger partial charge in [0.05, 0.1) is 6.61 Å². The average Bonchev–Trinajstić information content (AvgIpc) is 2.32. The zero-order chi connectivity index (χ0) is 12.8.